The first-order valence-corrected chi connectivity index (χ1v) is 7.60. The van der Waals surface area contributed by atoms with Gasteiger partial charge in [0, 0.05) is 0 Å². The predicted molar refractivity (Wildman–Crippen MR) is 86.4 cm³/mol. The van der Waals surface area contributed by atoms with E-state index in [0.29, 0.717) is 6.07 Å². The van der Waals surface area contributed by atoms with Crippen LogP contribution in [-0.2, 0) is 15.7 Å². The molecule has 9 heteroatoms. The molecular weight excluding hydrogens is 378 g/mol. The van der Waals surface area contributed by atoms with Crippen molar-refractivity contribution < 1.29 is 31.9 Å². The van der Waals surface area contributed by atoms with Gasteiger partial charge in [0.2, 0.25) is 0 Å². The number of esters is 1. The smallest absolute Gasteiger partial charge is 0.416 e. The van der Waals surface area contributed by atoms with Gasteiger partial charge in [-0.2, -0.15) is 13.2 Å². The lowest BCUT2D eigenvalue weighted by Crippen LogP contribution is -2.30. The molecule has 4 nitrogen and oxygen atoms in total. The number of nitrogens with one attached hydrogen (secondary N) is 1. The number of alkyl halides is 3. The Morgan fingerprint density at radius 3 is 2.46 bits per heavy atom. The number of ether oxygens (including phenoxy) is 1. The van der Waals surface area contributed by atoms with Gasteiger partial charge in [-0.1, -0.05) is 17.7 Å². The van der Waals surface area contributed by atoms with Crippen molar-refractivity contribution in [2.45, 2.75) is 19.2 Å². The van der Waals surface area contributed by atoms with Crippen molar-refractivity contribution in [1.29, 1.82) is 0 Å². The molecule has 0 aromatic heterocycles. The van der Waals surface area contributed by atoms with Crippen LogP contribution in [0.5, 0.6) is 0 Å². The van der Waals surface area contributed by atoms with E-state index < -0.39 is 35.5 Å². The number of carbonyl (C=O) groups excluding carboxylic acids is 2. The first-order valence-electron chi connectivity index (χ1n) is 7.22. The van der Waals surface area contributed by atoms with Crippen molar-refractivity contribution >= 4 is 29.2 Å². The number of hydrogen-bond donors (Lipinski definition) is 1. The molecule has 0 spiro atoms. The molecule has 0 aliphatic heterocycles. The second-order valence-corrected chi connectivity index (χ2v) is 5.65. The highest BCUT2D eigenvalue weighted by molar-refractivity contribution is 6.33. The summed E-state index contributed by atoms with van der Waals surface area (Å²) >= 11 is 5.78. The minimum atomic E-state index is -4.61. The molecule has 138 valence electrons. The molecule has 2 rings (SSSR count). The second-order valence-electron chi connectivity index (χ2n) is 5.24. The first-order chi connectivity index (χ1) is 12.1. The summed E-state index contributed by atoms with van der Waals surface area (Å²) in [5.41, 5.74) is -1.39. The number of hydrogen-bond acceptors (Lipinski definition) is 3. The highest BCUT2D eigenvalue weighted by Crippen LogP contribution is 2.33. The van der Waals surface area contributed by atoms with E-state index in [-0.39, 0.29) is 16.3 Å². The van der Waals surface area contributed by atoms with Gasteiger partial charge < -0.3 is 10.1 Å². The third-order valence-corrected chi connectivity index (χ3v) is 3.59. The molecule has 0 heterocycles. The zero-order valence-electron chi connectivity index (χ0n) is 13.2. The van der Waals surface area contributed by atoms with Crippen LogP contribution in [0.25, 0.3) is 0 Å². The van der Waals surface area contributed by atoms with Crippen molar-refractivity contribution in [2.75, 3.05) is 5.32 Å². The van der Waals surface area contributed by atoms with E-state index >= 15 is 0 Å². The minimum absolute atomic E-state index is 0.109. The summed E-state index contributed by atoms with van der Waals surface area (Å²) in [6.45, 7) is 1.22. The number of halogens is 5. The lowest BCUT2D eigenvalue weighted by molar-refractivity contribution is -0.137. The highest BCUT2D eigenvalue weighted by atomic mass is 35.5. The Morgan fingerprint density at radius 2 is 1.85 bits per heavy atom. The molecule has 0 aliphatic carbocycles. The van der Waals surface area contributed by atoms with Gasteiger partial charge in [-0.15, -0.1) is 0 Å². The van der Waals surface area contributed by atoms with E-state index in [2.05, 4.69) is 5.32 Å². The first kappa shape index (κ1) is 19.7. The maximum atomic E-state index is 13.1. The number of amides is 1. The van der Waals surface area contributed by atoms with Crippen molar-refractivity contribution in [3.8, 4) is 0 Å². The molecule has 0 fully saturated rings. The summed E-state index contributed by atoms with van der Waals surface area (Å²) < 4.78 is 56.2. The lowest BCUT2D eigenvalue weighted by Gasteiger charge is -2.15. The molecule has 0 radical (unpaired) electrons. The van der Waals surface area contributed by atoms with Gasteiger partial charge in [0.25, 0.3) is 5.91 Å². The molecule has 2 aromatic carbocycles. The zero-order chi connectivity index (χ0) is 19.5. The third-order valence-electron chi connectivity index (χ3n) is 3.26. The summed E-state index contributed by atoms with van der Waals surface area (Å²) in [7, 11) is 0. The molecule has 0 unspecified atom stereocenters. The Kier molecular flexibility index (Phi) is 5.86. The topological polar surface area (TPSA) is 55.4 Å². The van der Waals surface area contributed by atoms with Crippen LogP contribution in [0, 0.1) is 5.82 Å². The van der Waals surface area contributed by atoms with E-state index in [4.69, 9.17) is 16.3 Å². The number of benzene rings is 2. The Hall–Kier alpha value is -2.61. The Labute approximate surface area is 150 Å². The Balaban J connectivity index is 2.08. The predicted octanol–water partition coefficient (Wildman–Crippen LogP) is 4.68. The molecule has 1 N–H and O–H groups in total. The molecule has 0 aliphatic rings. The monoisotopic (exact) mass is 389 g/mol. The largest absolute Gasteiger partial charge is 0.449 e. The maximum absolute atomic E-state index is 13.1. The number of anilines is 1. The standard InChI is InChI=1S/C17H12ClF4NO3/c1-9(26-16(25)10-3-2-4-12(19)7-10)15(24)23-14-8-11(17(20,21)22)5-6-13(14)18/h2-9H,1H3,(H,23,24)/t9-/m0/s1. The second kappa shape index (κ2) is 7.74. The third kappa shape index (κ3) is 4.95. The van der Waals surface area contributed by atoms with Crippen LogP contribution in [0.1, 0.15) is 22.8 Å². The van der Waals surface area contributed by atoms with Gasteiger partial charge in [-0.25, -0.2) is 9.18 Å². The number of carbonyl (C=O) groups is 2. The van der Waals surface area contributed by atoms with Gasteiger partial charge in [-0.3, -0.25) is 4.79 Å². The zero-order valence-corrected chi connectivity index (χ0v) is 14.0. The molecule has 26 heavy (non-hydrogen) atoms. The molecule has 2 aromatic rings. The summed E-state index contributed by atoms with van der Waals surface area (Å²) in [6.07, 6.45) is -5.96. The van der Waals surface area contributed by atoms with Crippen LogP contribution in [0.3, 0.4) is 0 Å². The quantitative estimate of drug-likeness (QED) is 0.610. The van der Waals surface area contributed by atoms with E-state index in [1.165, 1.54) is 19.1 Å². The Morgan fingerprint density at radius 1 is 1.15 bits per heavy atom. The van der Waals surface area contributed by atoms with Gasteiger partial charge in [0.15, 0.2) is 6.10 Å². The maximum Gasteiger partial charge on any atom is 0.416 e. The van der Waals surface area contributed by atoms with Gasteiger partial charge >= 0.3 is 12.1 Å². The van der Waals surface area contributed by atoms with E-state index in [0.717, 1.165) is 24.3 Å². The van der Waals surface area contributed by atoms with Gasteiger partial charge in [0.05, 0.1) is 21.8 Å². The molecule has 1 atom stereocenters. The molecule has 0 saturated carbocycles. The molecular formula is C17H12ClF4NO3. The minimum Gasteiger partial charge on any atom is -0.449 e. The average molecular weight is 390 g/mol. The van der Waals surface area contributed by atoms with Gasteiger partial charge in [0.1, 0.15) is 5.82 Å². The van der Waals surface area contributed by atoms with Crippen LogP contribution in [0.2, 0.25) is 5.02 Å². The van der Waals surface area contributed by atoms with E-state index in [1.807, 2.05) is 0 Å². The van der Waals surface area contributed by atoms with Crippen molar-refractivity contribution in [1.82, 2.24) is 0 Å². The van der Waals surface area contributed by atoms with Crippen LogP contribution >= 0.6 is 11.6 Å². The van der Waals surface area contributed by atoms with Crippen molar-refractivity contribution in [2.24, 2.45) is 0 Å². The van der Waals surface area contributed by atoms with Crippen LogP contribution in [0.15, 0.2) is 42.5 Å². The molecule has 1 amide bonds. The van der Waals surface area contributed by atoms with E-state index in [9.17, 15) is 27.2 Å². The normalized spacial score (nSPS) is 12.4. The number of rotatable bonds is 4. The lowest BCUT2D eigenvalue weighted by atomic mass is 10.2. The van der Waals surface area contributed by atoms with Crippen LogP contribution < -0.4 is 5.32 Å². The summed E-state index contributed by atoms with van der Waals surface area (Å²) in [6, 6.07) is 7.06. The van der Waals surface area contributed by atoms with Gasteiger partial charge in [-0.05, 0) is 43.3 Å². The average Bonchev–Trinajstić information content (AvgIpc) is 2.55. The summed E-state index contributed by atoms with van der Waals surface area (Å²) in [5.74, 6) is -2.51. The Bertz CT molecular complexity index is 839. The summed E-state index contributed by atoms with van der Waals surface area (Å²) in [4.78, 5) is 23.9. The molecule has 0 saturated heterocycles. The molecule has 0 bridgehead atoms. The van der Waals surface area contributed by atoms with Crippen molar-refractivity contribution in [3.05, 3.63) is 64.4 Å². The van der Waals surface area contributed by atoms with Crippen LogP contribution in [-0.4, -0.2) is 18.0 Å². The fourth-order valence-corrected chi connectivity index (χ4v) is 2.09. The van der Waals surface area contributed by atoms with Crippen LogP contribution in [0.4, 0.5) is 23.2 Å². The fraction of sp³-hybridized carbons (Fsp3) is 0.176. The summed E-state index contributed by atoms with van der Waals surface area (Å²) in [5, 5.41) is 2.05. The highest BCUT2D eigenvalue weighted by Gasteiger charge is 2.31. The SMILES string of the molecule is C[C@H](OC(=O)c1cccc(F)c1)C(=O)Nc1cc(C(F)(F)F)ccc1Cl. The fourth-order valence-electron chi connectivity index (χ4n) is 1.93. The van der Waals surface area contributed by atoms with E-state index in [1.54, 1.807) is 0 Å². The van der Waals surface area contributed by atoms with Crippen molar-refractivity contribution in [3.63, 3.8) is 0 Å².